The van der Waals surface area contributed by atoms with Crippen LogP contribution in [0.4, 0.5) is 13.2 Å². The number of aliphatic hydroxyl groups is 2. The second-order valence-electron chi connectivity index (χ2n) is 5.51. The first-order valence-corrected chi connectivity index (χ1v) is 10.1. The number of aliphatic hydroxyl groups excluding tert-OH is 2. The molecule has 1 heterocycles. The van der Waals surface area contributed by atoms with E-state index in [2.05, 4.69) is 24.3 Å². The Kier molecular flexibility index (Phi) is 7.54. The van der Waals surface area contributed by atoms with Crippen molar-refractivity contribution in [1.29, 1.82) is 0 Å². The molecule has 1 aromatic carbocycles. The second-order valence-corrected chi connectivity index (χ2v) is 9.06. The van der Waals surface area contributed by atoms with Crippen molar-refractivity contribution in [3.8, 4) is 0 Å². The lowest BCUT2D eigenvalue weighted by Crippen LogP contribution is -2.46. The van der Waals surface area contributed by atoms with Crippen molar-refractivity contribution in [2.24, 2.45) is 5.92 Å². The maximum Gasteiger partial charge on any atom is 0.485 e. The minimum Gasteiger partial charge on any atom is -0.741 e. The van der Waals surface area contributed by atoms with Gasteiger partial charge in [-0.2, -0.15) is 13.2 Å². The van der Waals surface area contributed by atoms with Crippen LogP contribution in [0, 0.1) is 5.92 Å². The molecule has 0 amide bonds. The molecule has 0 aromatic heterocycles. The monoisotopic (exact) mass is 388 g/mol. The fourth-order valence-corrected chi connectivity index (χ4v) is 4.84. The highest BCUT2D eigenvalue weighted by Gasteiger charge is 2.39. The highest BCUT2D eigenvalue weighted by molar-refractivity contribution is 7.96. The first kappa shape index (κ1) is 21.2. The van der Waals surface area contributed by atoms with Gasteiger partial charge in [-0.3, -0.25) is 0 Å². The van der Waals surface area contributed by atoms with E-state index >= 15 is 0 Å². The Hall–Kier alpha value is -0.810. The molecule has 1 unspecified atom stereocenters. The van der Waals surface area contributed by atoms with Gasteiger partial charge in [0, 0.05) is 11.5 Å². The fourth-order valence-electron chi connectivity index (χ4n) is 2.19. The minimum absolute atomic E-state index is 0.213. The summed E-state index contributed by atoms with van der Waals surface area (Å²) in [5.74, 6) is 3.04. The van der Waals surface area contributed by atoms with E-state index < -0.39 is 27.8 Å². The largest absolute Gasteiger partial charge is 0.741 e. The predicted octanol–water partition coefficient (Wildman–Crippen LogP) is 1.23. The van der Waals surface area contributed by atoms with E-state index in [-0.39, 0.29) is 16.8 Å². The molecule has 0 radical (unpaired) electrons. The molecule has 0 spiro atoms. The van der Waals surface area contributed by atoms with Crippen LogP contribution < -0.4 is 0 Å². The standard InChI is InChI=1S/C13H19O2S.CHF3O3S/c1-10-7-16(9-12(14)13(10)15)8-11-5-3-2-4-6-11;2-1(3,4)8(5,6)7/h2-6,10,12-15H,7-9H2,1H3;(H,5,6,7)/q+1;/p-1/t10-,12+,13-,16?;/m1./s1. The van der Waals surface area contributed by atoms with Crippen LogP contribution in [0.2, 0.25) is 0 Å². The predicted molar refractivity (Wildman–Crippen MR) is 84.2 cm³/mol. The quantitative estimate of drug-likeness (QED) is 0.451. The molecule has 138 valence electrons. The van der Waals surface area contributed by atoms with E-state index in [1.54, 1.807) is 0 Å². The third-order valence-electron chi connectivity index (χ3n) is 3.38. The van der Waals surface area contributed by atoms with E-state index in [9.17, 15) is 23.4 Å². The summed E-state index contributed by atoms with van der Waals surface area (Å²) in [5.41, 5.74) is -4.31. The number of halogens is 3. The number of hydrogen-bond donors (Lipinski definition) is 2. The molecule has 1 aromatic rings. The van der Waals surface area contributed by atoms with Crippen LogP contribution in [-0.2, 0) is 26.8 Å². The molecular weight excluding hydrogens is 369 g/mol. The summed E-state index contributed by atoms with van der Waals surface area (Å²) in [6.07, 6.45) is -1.06. The zero-order valence-corrected chi connectivity index (χ0v) is 14.4. The molecule has 2 rings (SSSR count). The van der Waals surface area contributed by atoms with E-state index in [4.69, 9.17) is 13.0 Å². The summed E-state index contributed by atoms with van der Waals surface area (Å²) in [6.45, 7) is 2.03. The molecule has 10 heteroatoms. The topological polar surface area (TPSA) is 97.7 Å². The van der Waals surface area contributed by atoms with Crippen LogP contribution in [0.3, 0.4) is 0 Å². The number of rotatable bonds is 2. The maximum atomic E-state index is 10.7. The van der Waals surface area contributed by atoms with Gasteiger partial charge in [-0.1, -0.05) is 37.3 Å². The minimum atomic E-state index is -6.09. The normalized spacial score (nSPS) is 28.0. The lowest BCUT2D eigenvalue weighted by atomic mass is 10.0. The van der Waals surface area contributed by atoms with Crippen molar-refractivity contribution in [2.45, 2.75) is 30.4 Å². The van der Waals surface area contributed by atoms with Crippen molar-refractivity contribution in [3.05, 3.63) is 35.9 Å². The molecule has 4 atom stereocenters. The van der Waals surface area contributed by atoms with Crippen LogP contribution in [0.1, 0.15) is 12.5 Å². The zero-order valence-electron chi connectivity index (χ0n) is 12.8. The van der Waals surface area contributed by atoms with Gasteiger partial charge in [0.1, 0.15) is 23.4 Å². The molecule has 0 aliphatic carbocycles. The van der Waals surface area contributed by atoms with Gasteiger partial charge in [0.15, 0.2) is 10.1 Å². The maximum absolute atomic E-state index is 10.7. The van der Waals surface area contributed by atoms with Gasteiger partial charge in [-0.15, -0.1) is 0 Å². The van der Waals surface area contributed by atoms with E-state index in [1.165, 1.54) is 5.56 Å². The summed E-state index contributed by atoms with van der Waals surface area (Å²) in [4.78, 5) is 0. The highest BCUT2D eigenvalue weighted by Crippen LogP contribution is 2.23. The Bertz CT molecular complexity index is 595. The van der Waals surface area contributed by atoms with E-state index in [0.717, 1.165) is 17.3 Å². The Morgan fingerprint density at radius 3 is 2.12 bits per heavy atom. The van der Waals surface area contributed by atoms with E-state index in [0.29, 0.717) is 0 Å². The van der Waals surface area contributed by atoms with Gasteiger partial charge in [0.2, 0.25) is 0 Å². The first-order chi connectivity index (χ1) is 10.9. The van der Waals surface area contributed by atoms with Crippen molar-refractivity contribution in [2.75, 3.05) is 11.5 Å². The average molecular weight is 388 g/mol. The van der Waals surface area contributed by atoms with Crippen molar-refractivity contribution < 1.29 is 36.4 Å². The number of benzene rings is 1. The van der Waals surface area contributed by atoms with Crippen LogP contribution in [0.5, 0.6) is 0 Å². The first-order valence-electron chi connectivity index (χ1n) is 6.98. The number of hydrogen-bond acceptors (Lipinski definition) is 5. The fraction of sp³-hybridized carbons (Fsp3) is 0.571. The molecule has 24 heavy (non-hydrogen) atoms. The molecule has 1 aliphatic rings. The van der Waals surface area contributed by atoms with Gasteiger partial charge in [0.25, 0.3) is 0 Å². The average Bonchev–Trinajstić information content (AvgIpc) is 2.44. The molecule has 0 saturated carbocycles. The van der Waals surface area contributed by atoms with Gasteiger partial charge in [-0.05, 0) is 10.9 Å². The third kappa shape index (κ3) is 6.60. The SMILES string of the molecule is C[C@@H]1C[S+](Cc2ccccc2)C[C@H](O)[C@@H]1O.O=S(=O)([O-])C(F)(F)F. The lowest BCUT2D eigenvalue weighted by Gasteiger charge is -2.29. The summed E-state index contributed by atoms with van der Waals surface area (Å²) < 4.78 is 58.9. The van der Waals surface area contributed by atoms with Crippen LogP contribution >= 0.6 is 0 Å². The summed E-state index contributed by atoms with van der Waals surface area (Å²) in [6, 6.07) is 10.4. The highest BCUT2D eigenvalue weighted by atomic mass is 32.2. The summed E-state index contributed by atoms with van der Waals surface area (Å²) in [7, 11) is -5.88. The molecule has 5 nitrogen and oxygen atoms in total. The van der Waals surface area contributed by atoms with Crippen molar-refractivity contribution in [3.63, 3.8) is 0 Å². The molecule has 1 saturated heterocycles. The zero-order chi connectivity index (χ0) is 18.5. The summed E-state index contributed by atoms with van der Waals surface area (Å²) in [5, 5.41) is 19.4. The van der Waals surface area contributed by atoms with E-state index in [1.807, 2.05) is 13.0 Å². The molecule has 0 bridgehead atoms. The summed E-state index contributed by atoms with van der Waals surface area (Å²) >= 11 is 0. The lowest BCUT2D eigenvalue weighted by molar-refractivity contribution is -0.0517. The van der Waals surface area contributed by atoms with Crippen molar-refractivity contribution in [1.82, 2.24) is 0 Å². The molecule has 1 aliphatic heterocycles. The Morgan fingerprint density at radius 2 is 1.71 bits per heavy atom. The molecule has 1 fully saturated rings. The van der Waals surface area contributed by atoms with Crippen molar-refractivity contribution >= 4 is 21.0 Å². The van der Waals surface area contributed by atoms with Crippen LogP contribution in [0.25, 0.3) is 0 Å². The number of alkyl halides is 3. The Morgan fingerprint density at radius 1 is 1.21 bits per heavy atom. The van der Waals surface area contributed by atoms with Gasteiger partial charge in [0.05, 0.1) is 6.10 Å². The van der Waals surface area contributed by atoms with Gasteiger partial charge < -0.3 is 14.8 Å². The Balaban J connectivity index is 0.000000307. The second kappa shape index (κ2) is 8.52. The van der Waals surface area contributed by atoms with Crippen LogP contribution in [0.15, 0.2) is 30.3 Å². The van der Waals surface area contributed by atoms with Gasteiger partial charge in [-0.25, -0.2) is 8.42 Å². The molecular formula is C14H19F3O5S2. The Labute approximate surface area is 141 Å². The van der Waals surface area contributed by atoms with Crippen LogP contribution in [-0.4, -0.2) is 52.4 Å². The molecule has 2 N–H and O–H groups in total. The smallest absolute Gasteiger partial charge is 0.485 e. The third-order valence-corrected chi connectivity index (χ3v) is 6.50. The van der Waals surface area contributed by atoms with Gasteiger partial charge >= 0.3 is 5.51 Å².